The van der Waals surface area contributed by atoms with Gasteiger partial charge in [-0.25, -0.2) is 4.79 Å². The highest BCUT2D eigenvalue weighted by Gasteiger charge is 2.15. The molecule has 0 fully saturated rings. The fourth-order valence-electron chi connectivity index (χ4n) is 2.31. The lowest BCUT2D eigenvalue weighted by molar-refractivity contribution is 0.199. The Morgan fingerprint density at radius 1 is 1.35 bits per heavy atom. The maximum atomic E-state index is 10.8. The van der Waals surface area contributed by atoms with E-state index in [1.54, 1.807) is 0 Å². The van der Waals surface area contributed by atoms with Gasteiger partial charge in [0.05, 0.1) is 0 Å². The highest BCUT2D eigenvalue weighted by atomic mass is 16.4. The van der Waals surface area contributed by atoms with Crippen molar-refractivity contribution in [3.05, 3.63) is 41.0 Å². The Morgan fingerprint density at radius 2 is 2.10 bits per heavy atom. The molecule has 1 aliphatic rings. The van der Waals surface area contributed by atoms with Crippen molar-refractivity contribution in [2.24, 2.45) is 0 Å². The molecule has 1 aromatic rings. The first-order valence-electron chi connectivity index (χ1n) is 6.92. The van der Waals surface area contributed by atoms with E-state index < -0.39 is 6.09 Å². The van der Waals surface area contributed by atoms with Gasteiger partial charge in [-0.05, 0) is 44.7 Å². The van der Waals surface area contributed by atoms with Gasteiger partial charge in [0.15, 0.2) is 0 Å². The van der Waals surface area contributed by atoms with E-state index in [2.05, 4.69) is 43.5 Å². The minimum Gasteiger partial charge on any atom is -0.465 e. The highest BCUT2D eigenvalue weighted by Crippen LogP contribution is 2.25. The summed E-state index contributed by atoms with van der Waals surface area (Å²) >= 11 is 0. The van der Waals surface area contributed by atoms with Crippen LogP contribution in [0.2, 0.25) is 0 Å². The number of rotatable bonds is 3. The summed E-state index contributed by atoms with van der Waals surface area (Å²) < 4.78 is 0. The van der Waals surface area contributed by atoms with Crippen LogP contribution in [0.3, 0.4) is 0 Å². The van der Waals surface area contributed by atoms with Crippen molar-refractivity contribution in [3.63, 3.8) is 0 Å². The van der Waals surface area contributed by atoms with Gasteiger partial charge in [-0.3, -0.25) is 5.32 Å². The van der Waals surface area contributed by atoms with Gasteiger partial charge in [0.1, 0.15) is 0 Å². The molecule has 4 heteroatoms. The Bertz CT molecular complexity index is 542. The minimum absolute atomic E-state index is 0.0891. The Kier molecular flexibility index (Phi) is 4.14. The number of aryl methyl sites for hydroxylation is 1. The Hall–Kier alpha value is -1.81. The Balaban J connectivity index is 2.16. The molecular formula is C16H22N2O2. The molecule has 0 aliphatic heterocycles. The van der Waals surface area contributed by atoms with Crippen molar-refractivity contribution >= 4 is 11.8 Å². The average molecular weight is 274 g/mol. The van der Waals surface area contributed by atoms with Crippen molar-refractivity contribution in [3.8, 4) is 0 Å². The molecule has 0 saturated heterocycles. The van der Waals surface area contributed by atoms with E-state index in [0.29, 0.717) is 5.70 Å². The fraction of sp³-hybridized carbons (Fsp3) is 0.438. The quantitative estimate of drug-likeness (QED) is 0.793. The number of nitrogens with one attached hydrogen (secondary N) is 2. The second kappa shape index (κ2) is 5.67. The predicted octanol–water partition coefficient (Wildman–Crippen LogP) is 3.13. The van der Waals surface area contributed by atoms with E-state index in [-0.39, 0.29) is 5.54 Å². The molecule has 3 N–H and O–H groups in total. The predicted molar refractivity (Wildman–Crippen MR) is 80.5 cm³/mol. The van der Waals surface area contributed by atoms with Crippen LogP contribution in [0, 0.1) is 0 Å². The number of carbonyl (C=O) groups is 1. The number of allylic oxidation sites excluding steroid dienone is 1. The molecule has 0 spiro atoms. The fourth-order valence-corrected chi connectivity index (χ4v) is 2.31. The molecule has 108 valence electrons. The van der Waals surface area contributed by atoms with Crippen LogP contribution in [-0.4, -0.2) is 16.7 Å². The maximum Gasteiger partial charge on any atom is 0.409 e. The lowest BCUT2D eigenvalue weighted by atomic mass is 9.92. The number of carboxylic acid groups (broad SMARTS) is 1. The van der Waals surface area contributed by atoms with Gasteiger partial charge in [-0.15, -0.1) is 0 Å². The van der Waals surface area contributed by atoms with Crippen LogP contribution < -0.4 is 10.6 Å². The molecule has 0 heterocycles. The van der Waals surface area contributed by atoms with Gasteiger partial charge in [0.2, 0.25) is 0 Å². The molecule has 20 heavy (non-hydrogen) atoms. The van der Waals surface area contributed by atoms with Crippen molar-refractivity contribution in [1.82, 2.24) is 10.6 Å². The zero-order valence-electron chi connectivity index (χ0n) is 12.3. The van der Waals surface area contributed by atoms with Crippen LogP contribution in [0.25, 0.3) is 5.70 Å². The lowest BCUT2D eigenvalue weighted by Gasteiger charge is -2.22. The number of fused-ring (bicyclic) bond motifs is 1. The van der Waals surface area contributed by atoms with E-state index in [0.717, 1.165) is 24.9 Å². The van der Waals surface area contributed by atoms with Gasteiger partial charge in [-0.1, -0.05) is 24.3 Å². The number of hydrogen-bond donors (Lipinski definition) is 3. The first-order valence-corrected chi connectivity index (χ1v) is 6.92. The third-order valence-electron chi connectivity index (χ3n) is 3.29. The Labute approximate surface area is 119 Å². The van der Waals surface area contributed by atoms with Crippen molar-refractivity contribution in [2.75, 3.05) is 0 Å². The summed E-state index contributed by atoms with van der Waals surface area (Å²) in [6.45, 7) is 7.25. The Morgan fingerprint density at radius 3 is 2.75 bits per heavy atom. The second-order valence-electron chi connectivity index (χ2n) is 6.18. The maximum absolute atomic E-state index is 10.8. The summed E-state index contributed by atoms with van der Waals surface area (Å²) in [6.07, 6.45) is 2.77. The van der Waals surface area contributed by atoms with Crippen LogP contribution in [0.15, 0.2) is 24.3 Å². The molecule has 0 bridgehead atoms. The molecule has 0 unspecified atom stereocenters. The summed E-state index contributed by atoms with van der Waals surface area (Å²) in [7, 11) is 0. The van der Waals surface area contributed by atoms with Gasteiger partial charge >= 0.3 is 6.09 Å². The van der Waals surface area contributed by atoms with Gasteiger partial charge in [0.25, 0.3) is 0 Å². The topological polar surface area (TPSA) is 61.4 Å². The number of hydrogen-bond acceptors (Lipinski definition) is 2. The van der Waals surface area contributed by atoms with Gasteiger partial charge in [-0.2, -0.15) is 0 Å². The van der Waals surface area contributed by atoms with E-state index in [1.807, 2.05) is 12.1 Å². The van der Waals surface area contributed by atoms with E-state index >= 15 is 0 Å². The van der Waals surface area contributed by atoms with Crippen LogP contribution in [0.4, 0.5) is 4.79 Å². The molecule has 0 atom stereocenters. The molecule has 1 aliphatic carbocycles. The lowest BCUT2D eigenvalue weighted by Crippen LogP contribution is -2.35. The summed E-state index contributed by atoms with van der Waals surface area (Å²) in [5.74, 6) is 0. The molecule has 0 radical (unpaired) electrons. The zero-order chi connectivity index (χ0) is 14.8. The van der Waals surface area contributed by atoms with E-state index in [4.69, 9.17) is 5.11 Å². The molecule has 4 nitrogen and oxygen atoms in total. The number of benzene rings is 1. The minimum atomic E-state index is -1.01. The highest BCUT2D eigenvalue weighted by molar-refractivity contribution is 5.82. The van der Waals surface area contributed by atoms with E-state index in [9.17, 15) is 4.79 Å². The summed E-state index contributed by atoms with van der Waals surface area (Å²) in [4.78, 5) is 10.8. The van der Waals surface area contributed by atoms with Crippen molar-refractivity contribution in [1.29, 1.82) is 0 Å². The van der Waals surface area contributed by atoms with Gasteiger partial charge < -0.3 is 10.4 Å². The smallest absolute Gasteiger partial charge is 0.409 e. The molecule has 0 saturated carbocycles. The molecule has 1 amide bonds. The van der Waals surface area contributed by atoms with Crippen LogP contribution in [0.1, 0.15) is 43.9 Å². The molecule has 0 aromatic heterocycles. The average Bonchev–Trinajstić information content (AvgIpc) is 2.35. The first kappa shape index (κ1) is 14.6. The van der Waals surface area contributed by atoms with Crippen LogP contribution in [-0.2, 0) is 13.0 Å². The third-order valence-corrected chi connectivity index (χ3v) is 3.29. The summed E-state index contributed by atoms with van der Waals surface area (Å²) in [6, 6.07) is 6.24. The monoisotopic (exact) mass is 274 g/mol. The van der Waals surface area contributed by atoms with Crippen molar-refractivity contribution in [2.45, 2.75) is 45.7 Å². The van der Waals surface area contributed by atoms with Crippen LogP contribution >= 0.6 is 0 Å². The number of amides is 1. The molecule has 1 aromatic carbocycles. The molecular weight excluding hydrogens is 252 g/mol. The third kappa shape index (κ3) is 3.84. The van der Waals surface area contributed by atoms with Crippen LogP contribution in [0.5, 0.6) is 0 Å². The zero-order valence-corrected chi connectivity index (χ0v) is 12.3. The largest absolute Gasteiger partial charge is 0.465 e. The standard InChI is InChI=1S/C16H22N2O2/c1-16(2,3)17-10-11-7-8-13-12(9-11)5-4-6-14(13)18-15(19)20/h6-9,17-18H,4-5,10H2,1-3H3,(H,19,20). The normalized spacial score (nSPS) is 14.4. The molecule has 2 rings (SSSR count). The second-order valence-corrected chi connectivity index (χ2v) is 6.18. The van der Waals surface area contributed by atoms with Crippen molar-refractivity contribution < 1.29 is 9.90 Å². The van der Waals surface area contributed by atoms with E-state index in [1.165, 1.54) is 11.1 Å². The first-order chi connectivity index (χ1) is 9.35. The summed E-state index contributed by atoms with van der Waals surface area (Å²) in [5, 5.41) is 14.8. The van der Waals surface area contributed by atoms with Gasteiger partial charge in [0, 0.05) is 23.3 Å². The SMILES string of the molecule is CC(C)(C)NCc1ccc2c(c1)CCC=C2NC(=O)O. The summed E-state index contributed by atoms with van der Waals surface area (Å²) in [5.41, 5.74) is 4.23.